The van der Waals surface area contributed by atoms with Crippen LogP contribution in [0.25, 0.3) is 0 Å². The second-order valence-corrected chi connectivity index (χ2v) is 7.98. The van der Waals surface area contributed by atoms with Crippen LogP contribution < -0.4 is 5.32 Å². The molecule has 1 aromatic rings. The lowest BCUT2D eigenvalue weighted by Crippen LogP contribution is -2.40. The minimum Gasteiger partial charge on any atom is -0.369 e. The van der Waals surface area contributed by atoms with Crippen molar-refractivity contribution in [2.24, 2.45) is 0 Å². The van der Waals surface area contributed by atoms with Crippen molar-refractivity contribution in [3.8, 4) is 0 Å². The highest BCUT2D eigenvalue weighted by Gasteiger charge is 2.13. The fraction of sp³-hybridized carbons (Fsp3) is 0.824. The molecule has 0 fully saturated rings. The molecule has 0 aliphatic rings. The minimum absolute atomic E-state index is 0.125. The molecule has 0 aromatic carbocycles. The number of unbranched alkanes of at least 4 members (excludes halogenated alkanes) is 2. The fourth-order valence-electron chi connectivity index (χ4n) is 2.02. The first-order chi connectivity index (χ1) is 10.6. The van der Waals surface area contributed by atoms with Crippen molar-refractivity contribution in [1.82, 2.24) is 20.3 Å². The maximum absolute atomic E-state index is 11.7. The summed E-state index contributed by atoms with van der Waals surface area (Å²) in [6.45, 7) is 13.4. The van der Waals surface area contributed by atoms with Crippen LogP contribution in [0.15, 0.2) is 6.20 Å². The highest BCUT2D eigenvalue weighted by molar-refractivity contribution is 5.76. The van der Waals surface area contributed by atoms with E-state index in [4.69, 9.17) is 4.74 Å². The number of ether oxygens (including phenoxy) is 1. The van der Waals surface area contributed by atoms with E-state index in [1.54, 1.807) is 0 Å². The Bertz CT molecular complexity index is 484. The predicted molar refractivity (Wildman–Crippen MR) is 90.9 cm³/mol. The van der Waals surface area contributed by atoms with Crippen LogP contribution in [0.4, 0.5) is 0 Å². The maximum Gasteiger partial charge on any atom is 0.220 e. The molecular weight excluding hydrogens is 292 g/mol. The van der Waals surface area contributed by atoms with Crippen LogP contribution in [0.1, 0.15) is 72.9 Å². The van der Waals surface area contributed by atoms with Gasteiger partial charge in [-0.05, 0) is 54.4 Å². The molecule has 1 N–H and O–H groups in total. The number of nitrogens with one attached hydrogen (secondary N) is 1. The standard InChI is InChI=1S/C17H32N4O2/c1-16(2,3)18-15(22)10-8-7-9-11-21-12-14(19-20-21)13-23-17(4,5)6/h12H,7-11,13H2,1-6H3,(H,18,22). The van der Waals surface area contributed by atoms with Gasteiger partial charge in [0.15, 0.2) is 0 Å². The summed E-state index contributed by atoms with van der Waals surface area (Å²) in [4.78, 5) is 11.7. The molecule has 1 rings (SSSR count). The number of carbonyl (C=O) groups excluding carboxylic acids is 1. The number of hydrogen-bond acceptors (Lipinski definition) is 4. The molecular formula is C17H32N4O2. The molecule has 0 aliphatic carbocycles. The third-order valence-electron chi connectivity index (χ3n) is 3.04. The van der Waals surface area contributed by atoms with Crippen LogP contribution >= 0.6 is 0 Å². The van der Waals surface area contributed by atoms with Gasteiger partial charge in [-0.3, -0.25) is 9.48 Å². The summed E-state index contributed by atoms with van der Waals surface area (Å²) in [5, 5.41) is 11.2. The van der Waals surface area contributed by atoms with Gasteiger partial charge in [-0.15, -0.1) is 5.10 Å². The van der Waals surface area contributed by atoms with Gasteiger partial charge in [-0.25, -0.2) is 0 Å². The van der Waals surface area contributed by atoms with Crippen LogP contribution in [0.3, 0.4) is 0 Å². The Morgan fingerprint density at radius 1 is 1.17 bits per heavy atom. The fourth-order valence-corrected chi connectivity index (χ4v) is 2.02. The van der Waals surface area contributed by atoms with Crippen molar-refractivity contribution in [3.05, 3.63) is 11.9 Å². The summed E-state index contributed by atoms with van der Waals surface area (Å²) in [6, 6.07) is 0. The molecule has 1 heterocycles. The number of aryl methyl sites for hydroxylation is 1. The lowest BCUT2D eigenvalue weighted by molar-refractivity contribution is -0.122. The Morgan fingerprint density at radius 3 is 2.48 bits per heavy atom. The third kappa shape index (κ3) is 10.0. The molecule has 6 heteroatoms. The predicted octanol–water partition coefficient (Wildman–Crippen LogP) is 3.07. The van der Waals surface area contributed by atoms with Crippen LogP contribution in [-0.4, -0.2) is 32.0 Å². The summed E-state index contributed by atoms with van der Waals surface area (Å²) >= 11 is 0. The topological polar surface area (TPSA) is 69.0 Å². The van der Waals surface area contributed by atoms with Crippen LogP contribution in [0.5, 0.6) is 0 Å². The largest absolute Gasteiger partial charge is 0.369 e. The molecule has 132 valence electrons. The van der Waals surface area contributed by atoms with E-state index in [1.165, 1.54) is 0 Å². The van der Waals surface area contributed by atoms with Crippen LogP contribution in [0.2, 0.25) is 0 Å². The Kier molecular flexibility index (Phi) is 7.19. The molecule has 0 aliphatic heterocycles. The van der Waals surface area contributed by atoms with Crippen LogP contribution in [-0.2, 0) is 22.7 Å². The second kappa shape index (κ2) is 8.43. The summed E-state index contributed by atoms with van der Waals surface area (Å²) in [5.74, 6) is 0.125. The number of rotatable bonds is 8. The van der Waals surface area contributed by atoms with Gasteiger partial charge in [0.25, 0.3) is 0 Å². The van der Waals surface area contributed by atoms with Gasteiger partial charge < -0.3 is 10.1 Å². The molecule has 1 aromatic heterocycles. The average Bonchev–Trinajstić information content (AvgIpc) is 2.81. The zero-order chi connectivity index (χ0) is 17.5. The van der Waals surface area contributed by atoms with E-state index in [0.717, 1.165) is 31.5 Å². The van der Waals surface area contributed by atoms with E-state index in [2.05, 4.69) is 15.6 Å². The summed E-state index contributed by atoms with van der Waals surface area (Å²) in [6.07, 6.45) is 5.41. The zero-order valence-corrected chi connectivity index (χ0v) is 15.5. The quantitative estimate of drug-likeness (QED) is 0.746. The first kappa shape index (κ1) is 19.6. The van der Waals surface area contributed by atoms with E-state index in [-0.39, 0.29) is 17.0 Å². The minimum atomic E-state index is -0.169. The van der Waals surface area contributed by atoms with Crippen molar-refractivity contribution in [1.29, 1.82) is 0 Å². The molecule has 0 saturated heterocycles. The number of hydrogen-bond donors (Lipinski definition) is 1. The van der Waals surface area contributed by atoms with Gasteiger partial charge in [0.1, 0.15) is 5.69 Å². The average molecular weight is 324 g/mol. The highest BCUT2D eigenvalue weighted by atomic mass is 16.5. The number of amides is 1. The van der Waals surface area contributed by atoms with Gasteiger partial charge in [-0.1, -0.05) is 11.6 Å². The summed E-state index contributed by atoms with van der Waals surface area (Å²) in [7, 11) is 0. The van der Waals surface area contributed by atoms with E-state index < -0.39 is 0 Å². The molecule has 0 radical (unpaired) electrons. The van der Waals surface area contributed by atoms with Gasteiger partial charge in [0, 0.05) is 18.5 Å². The second-order valence-electron chi connectivity index (χ2n) is 7.98. The first-order valence-corrected chi connectivity index (χ1v) is 8.39. The SMILES string of the molecule is CC(C)(C)NC(=O)CCCCCn1cc(COC(C)(C)C)nn1. The molecule has 6 nitrogen and oxygen atoms in total. The van der Waals surface area contributed by atoms with Gasteiger partial charge in [0.2, 0.25) is 5.91 Å². The normalized spacial score (nSPS) is 12.4. The van der Waals surface area contributed by atoms with Gasteiger partial charge >= 0.3 is 0 Å². The van der Waals surface area contributed by atoms with Gasteiger partial charge in [-0.2, -0.15) is 0 Å². The first-order valence-electron chi connectivity index (χ1n) is 8.39. The lowest BCUT2D eigenvalue weighted by atomic mass is 10.1. The zero-order valence-electron chi connectivity index (χ0n) is 15.5. The molecule has 0 spiro atoms. The summed E-state index contributed by atoms with van der Waals surface area (Å²) in [5.41, 5.74) is 0.533. The monoisotopic (exact) mass is 324 g/mol. The van der Waals surface area contributed by atoms with Gasteiger partial charge in [0.05, 0.1) is 18.4 Å². The van der Waals surface area contributed by atoms with E-state index in [1.807, 2.05) is 52.4 Å². The van der Waals surface area contributed by atoms with E-state index in [0.29, 0.717) is 13.0 Å². The van der Waals surface area contributed by atoms with Crippen molar-refractivity contribution < 1.29 is 9.53 Å². The number of aromatic nitrogens is 3. The van der Waals surface area contributed by atoms with Crippen molar-refractivity contribution >= 4 is 5.91 Å². The third-order valence-corrected chi connectivity index (χ3v) is 3.04. The molecule has 0 atom stereocenters. The van der Waals surface area contributed by atoms with Crippen molar-refractivity contribution in [3.63, 3.8) is 0 Å². The number of nitrogens with zero attached hydrogens (tertiary/aromatic N) is 3. The molecule has 23 heavy (non-hydrogen) atoms. The highest BCUT2D eigenvalue weighted by Crippen LogP contribution is 2.10. The Labute approximate surface area is 140 Å². The van der Waals surface area contributed by atoms with Crippen molar-refractivity contribution in [2.75, 3.05) is 0 Å². The lowest BCUT2D eigenvalue weighted by Gasteiger charge is -2.20. The van der Waals surface area contributed by atoms with Crippen LogP contribution in [0, 0.1) is 0 Å². The van der Waals surface area contributed by atoms with E-state index in [9.17, 15) is 4.79 Å². The molecule has 0 bridgehead atoms. The molecule has 1 amide bonds. The van der Waals surface area contributed by atoms with E-state index >= 15 is 0 Å². The van der Waals surface area contributed by atoms with Crippen molar-refractivity contribution in [2.45, 2.75) is 91.5 Å². The molecule has 0 saturated carbocycles. The Balaban J connectivity index is 2.17. The maximum atomic E-state index is 11.7. The Morgan fingerprint density at radius 2 is 1.87 bits per heavy atom. The number of carbonyl (C=O) groups is 1. The smallest absolute Gasteiger partial charge is 0.220 e. The molecule has 0 unspecified atom stereocenters. The summed E-state index contributed by atoms with van der Waals surface area (Å²) < 4.78 is 7.52. The Hall–Kier alpha value is -1.43.